The normalized spacial score (nSPS) is 13.0. The van der Waals surface area contributed by atoms with Gasteiger partial charge in [0.15, 0.2) is 11.2 Å². The molecule has 0 saturated carbocycles. The maximum atomic E-state index is 6.70. The van der Waals surface area contributed by atoms with E-state index in [-0.39, 0.29) is 0 Å². The summed E-state index contributed by atoms with van der Waals surface area (Å²) >= 11 is 0. The predicted octanol–water partition coefficient (Wildman–Crippen LogP) is 19.1. The van der Waals surface area contributed by atoms with E-state index in [9.17, 15) is 0 Å². The second-order valence-corrected chi connectivity index (χ2v) is 19.5. The summed E-state index contributed by atoms with van der Waals surface area (Å²) in [6, 6.07) is 92.9. The van der Waals surface area contributed by atoms with Gasteiger partial charge >= 0.3 is 0 Å². The van der Waals surface area contributed by atoms with Gasteiger partial charge in [0.2, 0.25) is 0 Å². The van der Waals surface area contributed by atoms with E-state index in [0.29, 0.717) is 0 Å². The molecule has 0 aliphatic heterocycles. The molecule has 14 aromatic rings. The molecule has 0 amide bonds. The Morgan fingerprint density at radius 3 is 1.15 bits per heavy atom. The first-order chi connectivity index (χ1) is 36.2. The molecule has 0 N–H and O–H groups in total. The van der Waals surface area contributed by atoms with E-state index < -0.39 is 5.41 Å². The third-order valence-corrected chi connectivity index (χ3v) is 15.8. The fourth-order valence-corrected chi connectivity index (χ4v) is 12.7. The molecule has 0 unspecified atom stereocenters. The van der Waals surface area contributed by atoms with Gasteiger partial charge in [0.25, 0.3) is 0 Å². The van der Waals surface area contributed by atoms with Gasteiger partial charge in [-0.05, 0) is 163 Å². The fraction of sp³-hybridized carbons (Fsp3) is 0.0145. The topological polar surface area (TPSA) is 32.8 Å². The lowest BCUT2D eigenvalue weighted by atomic mass is 9.70. The molecule has 2 aliphatic rings. The van der Waals surface area contributed by atoms with E-state index in [1.165, 1.54) is 66.1 Å². The first-order valence-corrected chi connectivity index (χ1v) is 25.1. The van der Waals surface area contributed by atoms with Crippen molar-refractivity contribution < 1.29 is 8.83 Å². The number of benzene rings is 12. The molecule has 0 fully saturated rings. The van der Waals surface area contributed by atoms with Crippen LogP contribution < -0.4 is 9.80 Å². The molecular formula is C69H42N2O2. The van der Waals surface area contributed by atoms with Crippen molar-refractivity contribution in [1.82, 2.24) is 0 Å². The maximum absolute atomic E-state index is 6.70. The van der Waals surface area contributed by atoms with Crippen molar-refractivity contribution in [2.75, 3.05) is 9.80 Å². The average Bonchev–Trinajstić information content (AvgIpc) is 4.20. The van der Waals surface area contributed by atoms with Crippen LogP contribution in [-0.4, -0.2) is 0 Å². The minimum absolute atomic E-state index is 0.565. The number of anilines is 6. The van der Waals surface area contributed by atoms with Crippen LogP contribution in [-0.2, 0) is 5.41 Å². The van der Waals surface area contributed by atoms with Crippen LogP contribution in [0.25, 0.3) is 87.7 Å². The molecule has 340 valence electrons. The third kappa shape index (κ3) is 5.66. The van der Waals surface area contributed by atoms with E-state index >= 15 is 0 Å². The molecule has 2 aliphatic carbocycles. The standard InChI is InChI=1S/C69H42N2O2/c1-3-17-47(18-4-1)70(63-29-15-25-55-53-23-9-13-31-65(53)72-67(55)63)49-35-33-43-39-57-58-40-44-34-36-50(71(48-19-5-2-6-20-48)64-30-16-26-56-54-24-10-14-32-66(54)73-68(56)64)38-46(44)42-62(58)69(61(57)41-45(43)37-49)59-27-11-7-21-51(59)52-22-8-12-28-60(52)69/h1-42H. The summed E-state index contributed by atoms with van der Waals surface area (Å²) in [5.74, 6) is 0. The highest BCUT2D eigenvalue weighted by Gasteiger charge is 2.52. The van der Waals surface area contributed by atoms with Crippen LogP contribution in [0.3, 0.4) is 0 Å². The Balaban J connectivity index is 0.920. The summed E-state index contributed by atoms with van der Waals surface area (Å²) in [6.07, 6.45) is 0. The number of hydrogen-bond acceptors (Lipinski definition) is 4. The van der Waals surface area contributed by atoms with E-state index in [4.69, 9.17) is 8.83 Å². The van der Waals surface area contributed by atoms with E-state index in [1.54, 1.807) is 0 Å². The SMILES string of the molecule is c1ccc(N(c2ccc3cc4c(cc3c2)C2(c3ccccc3-c3ccccc32)c2cc3cc(N(c5ccccc5)c5cccc6c5oc5ccccc56)ccc3cc2-4)c2cccc3c2oc2ccccc23)cc1. The number of rotatable bonds is 6. The first-order valence-electron chi connectivity index (χ1n) is 25.1. The Morgan fingerprint density at radius 2 is 0.671 bits per heavy atom. The lowest BCUT2D eigenvalue weighted by molar-refractivity contribution is 0.668. The lowest BCUT2D eigenvalue weighted by Crippen LogP contribution is -2.25. The van der Waals surface area contributed by atoms with E-state index in [2.05, 4.69) is 252 Å². The smallest absolute Gasteiger partial charge is 0.159 e. The lowest BCUT2D eigenvalue weighted by Gasteiger charge is -2.31. The summed E-state index contributed by atoms with van der Waals surface area (Å²) in [4.78, 5) is 4.69. The molecule has 12 aromatic carbocycles. The van der Waals surface area contributed by atoms with Crippen molar-refractivity contribution in [3.63, 3.8) is 0 Å². The quantitative estimate of drug-likeness (QED) is 0.166. The second-order valence-electron chi connectivity index (χ2n) is 19.5. The Morgan fingerprint density at radius 1 is 0.260 bits per heavy atom. The number of fused-ring (bicyclic) bond motifs is 18. The highest BCUT2D eigenvalue weighted by molar-refractivity contribution is 6.12. The minimum atomic E-state index is -0.565. The summed E-state index contributed by atoms with van der Waals surface area (Å²) in [7, 11) is 0. The van der Waals surface area contributed by atoms with Gasteiger partial charge in [-0.25, -0.2) is 0 Å². The molecule has 16 rings (SSSR count). The monoisotopic (exact) mass is 930 g/mol. The van der Waals surface area contributed by atoms with Gasteiger partial charge in [0.05, 0.1) is 16.8 Å². The zero-order chi connectivity index (χ0) is 47.8. The molecule has 0 atom stereocenters. The molecule has 2 aromatic heterocycles. The molecule has 0 saturated heterocycles. The van der Waals surface area contributed by atoms with Crippen molar-refractivity contribution in [2.45, 2.75) is 5.41 Å². The minimum Gasteiger partial charge on any atom is -0.454 e. The van der Waals surface area contributed by atoms with Crippen LogP contribution in [0, 0.1) is 0 Å². The van der Waals surface area contributed by atoms with Crippen molar-refractivity contribution in [2.24, 2.45) is 0 Å². The summed E-state index contributed by atoms with van der Waals surface area (Å²) < 4.78 is 13.4. The molecule has 4 nitrogen and oxygen atoms in total. The Labute approximate surface area is 420 Å². The Bertz CT molecular complexity index is 4290. The number of nitrogens with zero attached hydrogens (tertiary/aromatic N) is 2. The molecule has 0 radical (unpaired) electrons. The van der Waals surface area contributed by atoms with Crippen molar-refractivity contribution in [1.29, 1.82) is 0 Å². The molecule has 0 bridgehead atoms. The van der Waals surface area contributed by atoms with Crippen LogP contribution in [0.1, 0.15) is 22.3 Å². The number of hydrogen-bond donors (Lipinski definition) is 0. The van der Waals surface area contributed by atoms with Crippen molar-refractivity contribution >= 4 is 99.5 Å². The number of furan rings is 2. The Hall–Kier alpha value is -9.64. The van der Waals surface area contributed by atoms with Crippen LogP contribution in [0.5, 0.6) is 0 Å². The highest BCUT2D eigenvalue weighted by Crippen LogP contribution is 2.64. The zero-order valence-corrected chi connectivity index (χ0v) is 39.5. The fourth-order valence-electron chi connectivity index (χ4n) is 12.7. The summed E-state index contributed by atoms with van der Waals surface area (Å²) in [5, 5.41) is 9.15. The van der Waals surface area contributed by atoms with Crippen LogP contribution in [0.4, 0.5) is 34.1 Å². The van der Waals surface area contributed by atoms with Crippen LogP contribution in [0.2, 0.25) is 0 Å². The second kappa shape index (κ2) is 15.2. The average molecular weight is 931 g/mol. The zero-order valence-electron chi connectivity index (χ0n) is 39.5. The molecule has 4 heteroatoms. The molecule has 2 heterocycles. The largest absolute Gasteiger partial charge is 0.454 e. The molecule has 1 spiro atoms. The van der Waals surface area contributed by atoms with Gasteiger partial charge in [0.1, 0.15) is 11.2 Å². The van der Waals surface area contributed by atoms with Crippen LogP contribution >= 0.6 is 0 Å². The van der Waals surface area contributed by atoms with E-state index in [0.717, 1.165) is 78.0 Å². The van der Waals surface area contributed by atoms with Gasteiger partial charge < -0.3 is 18.6 Å². The maximum Gasteiger partial charge on any atom is 0.159 e. The predicted molar refractivity (Wildman–Crippen MR) is 302 cm³/mol. The van der Waals surface area contributed by atoms with E-state index in [1.807, 2.05) is 12.1 Å². The third-order valence-electron chi connectivity index (χ3n) is 15.8. The Kier molecular flexibility index (Phi) is 8.35. The summed E-state index contributed by atoms with van der Waals surface area (Å²) in [6.45, 7) is 0. The number of para-hydroxylation sites is 6. The molecule has 73 heavy (non-hydrogen) atoms. The van der Waals surface area contributed by atoms with Gasteiger partial charge in [-0.3, -0.25) is 0 Å². The van der Waals surface area contributed by atoms with Gasteiger partial charge in [-0.15, -0.1) is 0 Å². The van der Waals surface area contributed by atoms with Crippen LogP contribution in [0.15, 0.2) is 264 Å². The highest BCUT2D eigenvalue weighted by atomic mass is 16.3. The van der Waals surface area contributed by atoms with Gasteiger partial charge in [-0.1, -0.05) is 158 Å². The molecular weight excluding hydrogens is 889 g/mol. The van der Waals surface area contributed by atoms with Crippen molar-refractivity contribution in [3.05, 3.63) is 277 Å². The van der Waals surface area contributed by atoms with Crippen molar-refractivity contribution in [3.8, 4) is 22.3 Å². The van der Waals surface area contributed by atoms with Gasteiger partial charge in [0, 0.05) is 44.3 Å². The first kappa shape index (κ1) is 40.1. The summed E-state index contributed by atoms with van der Waals surface area (Å²) in [5.41, 5.74) is 19.5. The van der Waals surface area contributed by atoms with Gasteiger partial charge in [-0.2, -0.15) is 0 Å².